The van der Waals surface area contributed by atoms with Crippen LogP contribution >= 0.6 is 0 Å². The molecule has 1 aliphatic rings. The molecule has 0 N–H and O–H groups in total. The Morgan fingerprint density at radius 2 is 2.19 bits per heavy atom. The average Bonchev–Trinajstić information content (AvgIpc) is 2.87. The van der Waals surface area contributed by atoms with Crippen LogP contribution in [0.15, 0.2) is 22.8 Å². The van der Waals surface area contributed by atoms with Gasteiger partial charge in [-0.3, -0.25) is 4.79 Å². The lowest BCUT2D eigenvalue weighted by Gasteiger charge is -2.33. The minimum atomic E-state index is 0.145. The molecule has 1 aliphatic heterocycles. The van der Waals surface area contributed by atoms with E-state index in [2.05, 4.69) is 19.9 Å². The molecule has 4 heteroatoms. The molecule has 112 valence electrons. The fraction of sp³-hybridized carbons (Fsp3) is 0.471. The second kappa shape index (κ2) is 5.53. The molecule has 1 aromatic carbocycles. The molecule has 0 saturated carbocycles. The Hall–Kier alpha value is -1.81. The van der Waals surface area contributed by atoms with E-state index in [0.717, 1.165) is 22.1 Å². The van der Waals surface area contributed by atoms with Gasteiger partial charge in [-0.1, -0.05) is 12.1 Å². The lowest BCUT2D eigenvalue weighted by atomic mass is 10.0. The van der Waals surface area contributed by atoms with Crippen molar-refractivity contribution in [2.75, 3.05) is 19.8 Å². The average molecular weight is 287 g/mol. The van der Waals surface area contributed by atoms with Crippen molar-refractivity contribution in [1.29, 1.82) is 0 Å². The minimum Gasteiger partial charge on any atom is -0.464 e. The third-order valence-electron chi connectivity index (χ3n) is 4.37. The van der Waals surface area contributed by atoms with Crippen molar-refractivity contribution in [3.8, 4) is 0 Å². The summed E-state index contributed by atoms with van der Waals surface area (Å²) in [7, 11) is 0. The molecule has 0 spiro atoms. The van der Waals surface area contributed by atoms with Crippen LogP contribution in [0.3, 0.4) is 0 Å². The Morgan fingerprint density at radius 1 is 1.38 bits per heavy atom. The summed E-state index contributed by atoms with van der Waals surface area (Å²) >= 11 is 0. The summed E-state index contributed by atoms with van der Waals surface area (Å²) in [6, 6.07) is 4.28. The van der Waals surface area contributed by atoms with Crippen LogP contribution in [0, 0.1) is 13.8 Å². The molecular formula is C17H21NO3. The van der Waals surface area contributed by atoms with Crippen LogP contribution in [0.5, 0.6) is 0 Å². The first-order valence-electron chi connectivity index (χ1n) is 7.41. The summed E-state index contributed by atoms with van der Waals surface area (Å²) < 4.78 is 11.1. The van der Waals surface area contributed by atoms with Crippen molar-refractivity contribution in [3.63, 3.8) is 0 Å². The van der Waals surface area contributed by atoms with Gasteiger partial charge >= 0.3 is 0 Å². The van der Waals surface area contributed by atoms with Crippen LogP contribution in [0.1, 0.15) is 23.6 Å². The first-order valence-corrected chi connectivity index (χ1v) is 7.41. The van der Waals surface area contributed by atoms with Gasteiger partial charge in [-0.2, -0.15) is 0 Å². The Kier molecular flexibility index (Phi) is 3.72. The minimum absolute atomic E-state index is 0.145. The second-order valence-corrected chi connectivity index (χ2v) is 5.83. The topological polar surface area (TPSA) is 42.7 Å². The summed E-state index contributed by atoms with van der Waals surface area (Å²) in [5.74, 6) is 0.145. The van der Waals surface area contributed by atoms with Gasteiger partial charge < -0.3 is 14.1 Å². The maximum atomic E-state index is 12.5. The van der Waals surface area contributed by atoms with E-state index in [0.29, 0.717) is 26.2 Å². The van der Waals surface area contributed by atoms with Gasteiger partial charge in [0.1, 0.15) is 5.58 Å². The third-order valence-corrected chi connectivity index (χ3v) is 4.37. The molecule has 0 unspecified atom stereocenters. The van der Waals surface area contributed by atoms with Crippen LogP contribution < -0.4 is 0 Å². The molecule has 0 aliphatic carbocycles. The van der Waals surface area contributed by atoms with E-state index in [9.17, 15) is 4.79 Å². The largest absolute Gasteiger partial charge is 0.464 e. The predicted octanol–water partition coefficient (Wildman–Crippen LogP) is 2.84. The molecule has 1 amide bonds. The van der Waals surface area contributed by atoms with Gasteiger partial charge in [-0.05, 0) is 31.9 Å². The molecule has 0 radical (unpaired) electrons. The maximum Gasteiger partial charge on any atom is 0.227 e. The van der Waals surface area contributed by atoms with E-state index in [4.69, 9.17) is 9.15 Å². The van der Waals surface area contributed by atoms with Crippen LogP contribution in [0.2, 0.25) is 0 Å². The molecule has 1 fully saturated rings. The number of aryl methyl sites for hydroxylation is 2. The second-order valence-electron chi connectivity index (χ2n) is 5.83. The molecule has 0 bridgehead atoms. The fourth-order valence-electron chi connectivity index (χ4n) is 2.89. The molecule has 1 saturated heterocycles. The zero-order valence-electron chi connectivity index (χ0n) is 12.8. The Morgan fingerprint density at radius 3 is 2.95 bits per heavy atom. The highest BCUT2D eigenvalue weighted by atomic mass is 16.5. The summed E-state index contributed by atoms with van der Waals surface area (Å²) in [5.41, 5.74) is 4.21. The number of hydrogen-bond acceptors (Lipinski definition) is 3. The molecule has 2 aromatic rings. The smallest absolute Gasteiger partial charge is 0.227 e. The third kappa shape index (κ3) is 2.56. The predicted molar refractivity (Wildman–Crippen MR) is 81.4 cm³/mol. The normalized spacial score (nSPS) is 19.2. The standard InChI is InChI=1S/C17H21NO3/c1-11-4-5-15-14(10-21-17(15)13(11)3)8-16(19)18-6-7-20-9-12(18)2/h4-5,10,12H,6-9H2,1-3H3/t12-/m0/s1. The molecule has 2 heterocycles. The van der Waals surface area contributed by atoms with Crippen LogP contribution in [0.4, 0.5) is 0 Å². The molecule has 1 aromatic heterocycles. The number of carbonyl (C=O) groups is 1. The molecule has 4 nitrogen and oxygen atoms in total. The van der Waals surface area contributed by atoms with Gasteiger partial charge in [-0.15, -0.1) is 0 Å². The first-order chi connectivity index (χ1) is 10.1. The number of rotatable bonds is 2. The van der Waals surface area contributed by atoms with E-state index < -0.39 is 0 Å². The van der Waals surface area contributed by atoms with E-state index in [1.807, 2.05) is 17.9 Å². The lowest BCUT2D eigenvalue weighted by Crippen LogP contribution is -2.47. The van der Waals surface area contributed by atoms with Gasteiger partial charge in [-0.25, -0.2) is 0 Å². The quantitative estimate of drug-likeness (QED) is 0.853. The molecular weight excluding hydrogens is 266 g/mol. The van der Waals surface area contributed by atoms with Crippen molar-refractivity contribution >= 4 is 16.9 Å². The number of hydrogen-bond donors (Lipinski definition) is 0. The van der Waals surface area contributed by atoms with Crippen molar-refractivity contribution in [2.24, 2.45) is 0 Å². The zero-order valence-corrected chi connectivity index (χ0v) is 12.8. The summed E-state index contributed by atoms with van der Waals surface area (Å²) in [4.78, 5) is 14.4. The lowest BCUT2D eigenvalue weighted by molar-refractivity contribution is -0.138. The highest BCUT2D eigenvalue weighted by molar-refractivity contribution is 5.89. The van der Waals surface area contributed by atoms with E-state index in [1.165, 1.54) is 5.56 Å². The molecule has 1 atom stereocenters. The van der Waals surface area contributed by atoms with Crippen LogP contribution in [0.25, 0.3) is 11.0 Å². The number of carbonyl (C=O) groups excluding carboxylic acids is 1. The number of ether oxygens (including phenoxy) is 1. The number of morpholine rings is 1. The highest BCUT2D eigenvalue weighted by Gasteiger charge is 2.24. The van der Waals surface area contributed by atoms with Crippen molar-refractivity contribution < 1.29 is 13.9 Å². The number of nitrogens with zero attached hydrogens (tertiary/aromatic N) is 1. The van der Waals surface area contributed by atoms with Gasteiger partial charge in [0, 0.05) is 17.5 Å². The summed E-state index contributed by atoms with van der Waals surface area (Å²) in [6.45, 7) is 8.07. The van der Waals surface area contributed by atoms with Crippen LogP contribution in [-0.2, 0) is 16.0 Å². The van der Waals surface area contributed by atoms with Gasteiger partial charge in [0.25, 0.3) is 0 Å². The number of amides is 1. The Labute approximate surface area is 124 Å². The van der Waals surface area contributed by atoms with Gasteiger partial charge in [0.15, 0.2) is 0 Å². The highest BCUT2D eigenvalue weighted by Crippen LogP contribution is 2.27. The van der Waals surface area contributed by atoms with Crippen molar-refractivity contribution in [1.82, 2.24) is 4.90 Å². The van der Waals surface area contributed by atoms with Gasteiger partial charge in [0.05, 0.1) is 31.9 Å². The van der Waals surface area contributed by atoms with E-state index in [1.54, 1.807) is 6.26 Å². The molecule has 3 rings (SSSR count). The monoisotopic (exact) mass is 287 g/mol. The van der Waals surface area contributed by atoms with E-state index >= 15 is 0 Å². The number of fused-ring (bicyclic) bond motifs is 1. The SMILES string of the molecule is Cc1ccc2c(CC(=O)N3CCOC[C@@H]3C)coc2c1C. The van der Waals surface area contributed by atoms with Gasteiger partial charge in [0.2, 0.25) is 5.91 Å². The van der Waals surface area contributed by atoms with Crippen molar-refractivity contribution in [2.45, 2.75) is 33.2 Å². The Bertz CT molecular complexity index is 674. The first kappa shape index (κ1) is 14.1. The molecule has 21 heavy (non-hydrogen) atoms. The number of furan rings is 1. The Balaban J connectivity index is 1.85. The zero-order chi connectivity index (χ0) is 15.0. The fourth-order valence-corrected chi connectivity index (χ4v) is 2.89. The summed E-state index contributed by atoms with van der Waals surface area (Å²) in [5, 5.41) is 1.05. The van der Waals surface area contributed by atoms with E-state index in [-0.39, 0.29) is 11.9 Å². The van der Waals surface area contributed by atoms with Crippen LogP contribution in [-0.4, -0.2) is 36.6 Å². The summed E-state index contributed by atoms with van der Waals surface area (Å²) in [6.07, 6.45) is 2.11. The number of benzene rings is 1. The maximum absolute atomic E-state index is 12.5. The van der Waals surface area contributed by atoms with Crippen molar-refractivity contribution in [3.05, 3.63) is 35.1 Å².